The van der Waals surface area contributed by atoms with Gasteiger partial charge < -0.3 is 10.2 Å². The van der Waals surface area contributed by atoms with Crippen LogP contribution in [0.3, 0.4) is 0 Å². The summed E-state index contributed by atoms with van der Waals surface area (Å²) in [4.78, 5) is 13.2. The van der Waals surface area contributed by atoms with Gasteiger partial charge in [-0.2, -0.15) is 0 Å². The zero-order valence-electron chi connectivity index (χ0n) is 19.9. The molecule has 8 atom stereocenters. The highest BCUT2D eigenvalue weighted by Crippen LogP contribution is 2.67. The summed E-state index contributed by atoms with van der Waals surface area (Å²) in [6.45, 7) is 11.7. The zero-order chi connectivity index (χ0) is 21.9. The van der Waals surface area contributed by atoms with E-state index in [1.54, 1.807) is 0 Å². The lowest BCUT2D eigenvalue weighted by molar-refractivity contribution is -0.180. The first-order valence-corrected chi connectivity index (χ1v) is 12.7. The first-order valence-electron chi connectivity index (χ1n) is 12.7. The molecule has 170 valence electrons. The van der Waals surface area contributed by atoms with Crippen LogP contribution in [0.25, 0.3) is 0 Å². The normalized spacial score (nSPS) is 46.8. The van der Waals surface area contributed by atoms with E-state index in [-0.39, 0.29) is 12.2 Å². The second-order valence-electron chi connectivity index (χ2n) is 12.3. The minimum Gasteiger partial charge on any atom is -0.393 e. The molecule has 3 saturated carbocycles. The maximum atomic E-state index is 13.2. The van der Waals surface area contributed by atoms with Crippen LogP contribution in [0.2, 0.25) is 0 Å². The number of carbonyl (C=O) groups excluding carboxylic acids is 1. The highest BCUT2D eigenvalue weighted by atomic mass is 16.3. The van der Waals surface area contributed by atoms with Gasteiger partial charge in [-0.1, -0.05) is 59.5 Å². The third-order valence-corrected chi connectivity index (χ3v) is 10.3. The van der Waals surface area contributed by atoms with Crippen molar-refractivity contribution in [2.24, 2.45) is 40.4 Å². The third-order valence-electron chi connectivity index (χ3n) is 10.3. The summed E-state index contributed by atoms with van der Waals surface area (Å²) in [5.74, 6) is 2.92. The van der Waals surface area contributed by atoms with Crippen molar-refractivity contribution < 1.29 is 15.0 Å². The van der Waals surface area contributed by atoms with Crippen molar-refractivity contribution in [2.45, 2.75) is 111 Å². The monoisotopic (exact) mass is 416 g/mol. The van der Waals surface area contributed by atoms with Gasteiger partial charge in [-0.15, -0.1) is 0 Å². The molecule has 0 aliphatic heterocycles. The van der Waals surface area contributed by atoms with E-state index in [2.05, 4.69) is 34.6 Å². The first kappa shape index (κ1) is 22.5. The minimum atomic E-state index is -1.38. The van der Waals surface area contributed by atoms with Crippen LogP contribution in [-0.2, 0) is 4.79 Å². The number of aliphatic hydroxyl groups excluding tert-OH is 1. The molecule has 3 nitrogen and oxygen atoms in total. The summed E-state index contributed by atoms with van der Waals surface area (Å²) in [6, 6.07) is 0. The van der Waals surface area contributed by atoms with Gasteiger partial charge in [-0.3, -0.25) is 4.79 Å². The van der Waals surface area contributed by atoms with Gasteiger partial charge in [0.2, 0.25) is 0 Å². The van der Waals surface area contributed by atoms with Gasteiger partial charge in [0.05, 0.1) is 6.10 Å². The van der Waals surface area contributed by atoms with Crippen molar-refractivity contribution in [3.8, 4) is 0 Å². The molecule has 0 aromatic rings. The lowest BCUT2D eigenvalue weighted by atomic mass is 9.46. The van der Waals surface area contributed by atoms with Crippen LogP contribution in [0.1, 0.15) is 98.8 Å². The number of aliphatic hydroxyl groups is 2. The molecular formula is C27H44O3. The lowest BCUT2D eigenvalue weighted by Crippen LogP contribution is -2.64. The van der Waals surface area contributed by atoms with Crippen LogP contribution >= 0.6 is 0 Å². The number of hydrogen-bond donors (Lipinski definition) is 2. The van der Waals surface area contributed by atoms with E-state index in [9.17, 15) is 15.0 Å². The predicted octanol–water partition coefficient (Wildman–Crippen LogP) is 5.68. The SMILES string of the molecule is CC(C)CCC[C@@H](C)[C@@H]1CC[C@H]2C3=CC(=O)[C@@]4(O)C[C@@H](O)CC[C@]4(C)[C@H]3CC[C@@]21C. The molecule has 4 aliphatic rings. The molecule has 0 radical (unpaired) electrons. The molecular weight excluding hydrogens is 372 g/mol. The van der Waals surface area contributed by atoms with Crippen molar-refractivity contribution >= 4 is 5.78 Å². The molecule has 3 fully saturated rings. The molecule has 0 aromatic heterocycles. The van der Waals surface area contributed by atoms with Gasteiger partial charge in [0.25, 0.3) is 0 Å². The summed E-state index contributed by atoms with van der Waals surface area (Å²) < 4.78 is 0. The highest BCUT2D eigenvalue weighted by Gasteiger charge is 2.65. The Morgan fingerprint density at radius 1 is 1.03 bits per heavy atom. The Hall–Kier alpha value is -0.670. The Morgan fingerprint density at radius 3 is 2.47 bits per heavy atom. The Kier molecular flexibility index (Phi) is 5.80. The zero-order valence-corrected chi connectivity index (χ0v) is 19.9. The summed E-state index contributed by atoms with van der Waals surface area (Å²) >= 11 is 0. The van der Waals surface area contributed by atoms with Gasteiger partial charge in [-0.25, -0.2) is 0 Å². The van der Waals surface area contributed by atoms with Gasteiger partial charge in [0.1, 0.15) is 5.60 Å². The van der Waals surface area contributed by atoms with Crippen molar-refractivity contribution in [1.29, 1.82) is 0 Å². The second kappa shape index (κ2) is 7.73. The van der Waals surface area contributed by atoms with Crippen molar-refractivity contribution in [3.63, 3.8) is 0 Å². The topological polar surface area (TPSA) is 57.5 Å². The van der Waals surface area contributed by atoms with Crippen molar-refractivity contribution in [2.75, 3.05) is 0 Å². The molecule has 0 aromatic carbocycles. The maximum Gasteiger partial charge on any atom is 0.187 e. The molecule has 0 spiro atoms. The van der Waals surface area contributed by atoms with Gasteiger partial charge in [-0.05, 0) is 79.6 Å². The number of allylic oxidation sites excluding steroid dienone is 1. The fourth-order valence-corrected chi connectivity index (χ4v) is 8.37. The van der Waals surface area contributed by atoms with Crippen LogP contribution in [-0.4, -0.2) is 27.7 Å². The molecule has 0 bridgehead atoms. The molecule has 0 saturated heterocycles. The van der Waals surface area contributed by atoms with E-state index in [0.29, 0.717) is 23.7 Å². The van der Waals surface area contributed by atoms with E-state index < -0.39 is 17.1 Å². The van der Waals surface area contributed by atoms with Gasteiger partial charge in [0, 0.05) is 11.8 Å². The number of hydrogen-bond acceptors (Lipinski definition) is 3. The maximum absolute atomic E-state index is 13.2. The van der Waals surface area contributed by atoms with E-state index in [0.717, 1.165) is 30.6 Å². The predicted molar refractivity (Wildman–Crippen MR) is 121 cm³/mol. The summed E-state index contributed by atoms with van der Waals surface area (Å²) in [5.41, 5.74) is -0.154. The summed E-state index contributed by atoms with van der Waals surface area (Å²) in [7, 11) is 0. The second-order valence-corrected chi connectivity index (χ2v) is 12.3. The average molecular weight is 417 g/mol. The Bertz CT molecular complexity index is 711. The molecule has 2 N–H and O–H groups in total. The molecule has 4 aliphatic carbocycles. The molecule has 30 heavy (non-hydrogen) atoms. The average Bonchev–Trinajstić information content (AvgIpc) is 3.01. The summed E-state index contributed by atoms with van der Waals surface area (Å²) in [5, 5.41) is 21.7. The smallest absolute Gasteiger partial charge is 0.187 e. The molecule has 4 rings (SSSR count). The van der Waals surface area contributed by atoms with Crippen LogP contribution in [0, 0.1) is 40.4 Å². The van der Waals surface area contributed by atoms with E-state index >= 15 is 0 Å². The number of rotatable bonds is 5. The summed E-state index contributed by atoms with van der Waals surface area (Å²) in [6.07, 6.45) is 11.7. The fraction of sp³-hybridized carbons (Fsp3) is 0.889. The van der Waals surface area contributed by atoms with Crippen LogP contribution in [0.15, 0.2) is 11.6 Å². The van der Waals surface area contributed by atoms with E-state index in [1.807, 2.05) is 6.08 Å². The molecule has 0 unspecified atom stereocenters. The van der Waals surface area contributed by atoms with Crippen molar-refractivity contribution in [3.05, 3.63) is 11.6 Å². The van der Waals surface area contributed by atoms with E-state index in [4.69, 9.17) is 0 Å². The minimum absolute atomic E-state index is 0.132. The van der Waals surface area contributed by atoms with Crippen molar-refractivity contribution in [1.82, 2.24) is 0 Å². The fourth-order valence-electron chi connectivity index (χ4n) is 8.37. The Labute approximate surface area is 183 Å². The Morgan fingerprint density at radius 2 is 1.77 bits per heavy atom. The third kappa shape index (κ3) is 3.25. The largest absolute Gasteiger partial charge is 0.393 e. The van der Waals surface area contributed by atoms with Gasteiger partial charge in [0.15, 0.2) is 5.78 Å². The molecule has 0 heterocycles. The quantitative estimate of drug-likeness (QED) is 0.606. The number of fused-ring (bicyclic) bond motifs is 5. The molecule has 3 heteroatoms. The van der Waals surface area contributed by atoms with Gasteiger partial charge >= 0.3 is 0 Å². The van der Waals surface area contributed by atoms with Crippen LogP contribution < -0.4 is 0 Å². The van der Waals surface area contributed by atoms with Crippen LogP contribution in [0.5, 0.6) is 0 Å². The van der Waals surface area contributed by atoms with E-state index in [1.165, 1.54) is 44.1 Å². The lowest BCUT2D eigenvalue weighted by Gasteiger charge is -2.60. The molecule has 0 amide bonds. The first-order chi connectivity index (χ1) is 14.0. The van der Waals surface area contributed by atoms with Crippen LogP contribution in [0.4, 0.5) is 0 Å². The highest BCUT2D eigenvalue weighted by molar-refractivity contribution is 5.99. The Balaban J connectivity index is 1.59. The standard InChI is InChI=1S/C27H44O3/c1-17(2)7-6-8-18(3)21-9-10-22-20-15-24(29)27(30)16-19(28)11-14-26(27,5)23(20)12-13-25(21,22)4/h15,17-19,21-23,28,30H,6-14,16H2,1-5H3/t18-,19+,21+,22+,23+,25-,26-,27+/m1/s1. The number of ketones is 1. The number of carbonyl (C=O) groups is 1.